The first kappa shape index (κ1) is 14.3. The summed E-state index contributed by atoms with van der Waals surface area (Å²) in [6, 6.07) is 0. The van der Waals surface area contributed by atoms with Gasteiger partial charge in [-0.1, -0.05) is 0 Å². The Morgan fingerprint density at radius 3 is 3.05 bits per heavy atom. The fourth-order valence-electron chi connectivity index (χ4n) is 2.29. The lowest BCUT2D eigenvalue weighted by atomic mass is 10.1. The van der Waals surface area contributed by atoms with E-state index < -0.39 is 0 Å². The fourth-order valence-corrected chi connectivity index (χ4v) is 3.09. The molecule has 0 amide bonds. The minimum atomic E-state index is -0.329. The molecule has 1 aromatic rings. The van der Waals surface area contributed by atoms with E-state index in [-0.39, 0.29) is 5.97 Å². The maximum absolute atomic E-state index is 11.7. The average Bonchev–Trinajstić information content (AvgIpc) is 2.93. The number of anilines is 1. The van der Waals surface area contributed by atoms with Crippen molar-refractivity contribution in [2.45, 2.75) is 20.3 Å². The molecule has 1 saturated heterocycles. The summed E-state index contributed by atoms with van der Waals surface area (Å²) in [5.74, 6) is 0.338. The van der Waals surface area contributed by atoms with Crippen LogP contribution in [0.5, 0.6) is 0 Å². The lowest BCUT2D eigenvalue weighted by Gasteiger charge is -2.10. The minimum absolute atomic E-state index is 0.329. The molecular formula is C13H21N3O2S. The van der Waals surface area contributed by atoms with Gasteiger partial charge in [-0.3, -0.25) is 0 Å². The van der Waals surface area contributed by atoms with E-state index in [0.29, 0.717) is 18.2 Å². The number of aromatic nitrogens is 1. The van der Waals surface area contributed by atoms with Crippen LogP contribution in [0.3, 0.4) is 0 Å². The van der Waals surface area contributed by atoms with Crippen molar-refractivity contribution in [3.05, 3.63) is 10.6 Å². The van der Waals surface area contributed by atoms with Crippen molar-refractivity contribution in [1.29, 1.82) is 0 Å². The van der Waals surface area contributed by atoms with Crippen molar-refractivity contribution in [3.8, 4) is 0 Å². The summed E-state index contributed by atoms with van der Waals surface area (Å²) in [5.41, 5.74) is 0.442. The zero-order valence-electron chi connectivity index (χ0n) is 11.7. The number of hydrogen-bond donors (Lipinski definition) is 1. The van der Waals surface area contributed by atoms with Gasteiger partial charge in [0.05, 0.1) is 6.61 Å². The van der Waals surface area contributed by atoms with E-state index in [9.17, 15) is 4.79 Å². The normalized spacial score (nSPS) is 19.6. The second-order valence-corrected chi connectivity index (χ2v) is 6.15. The molecule has 0 spiro atoms. The van der Waals surface area contributed by atoms with Gasteiger partial charge < -0.3 is 15.0 Å². The van der Waals surface area contributed by atoms with E-state index in [1.807, 2.05) is 6.92 Å². The first-order chi connectivity index (χ1) is 9.10. The molecular weight excluding hydrogens is 262 g/mol. The molecule has 5 nitrogen and oxygen atoms in total. The Balaban J connectivity index is 1.91. The van der Waals surface area contributed by atoms with Gasteiger partial charge in [-0.2, -0.15) is 0 Å². The molecule has 0 radical (unpaired) electrons. The topological polar surface area (TPSA) is 54.5 Å². The molecule has 2 rings (SSSR count). The monoisotopic (exact) mass is 283 g/mol. The van der Waals surface area contributed by atoms with Crippen molar-refractivity contribution in [2.75, 3.05) is 38.6 Å². The molecule has 1 aromatic heterocycles. The van der Waals surface area contributed by atoms with Crippen molar-refractivity contribution in [1.82, 2.24) is 9.88 Å². The quantitative estimate of drug-likeness (QED) is 0.838. The van der Waals surface area contributed by atoms with Gasteiger partial charge in [0.15, 0.2) is 10.8 Å². The smallest absolute Gasteiger partial charge is 0.358 e. The summed E-state index contributed by atoms with van der Waals surface area (Å²) in [6.45, 7) is 7.29. The Morgan fingerprint density at radius 2 is 2.42 bits per heavy atom. The predicted molar refractivity (Wildman–Crippen MR) is 76.9 cm³/mol. The zero-order chi connectivity index (χ0) is 13.8. The van der Waals surface area contributed by atoms with Gasteiger partial charge in [-0.25, -0.2) is 9.78 Å². The molecule has 0 bridgehead atoms. The Morgan fingerprint density at radius 1 is 1.63 bits per heavy atom. The van der Waals surface area contributed by atoms with Crippen LogP contribution in [-0.2, 0) is 4.74 Å². The molecule has 19 heavy (non-hydrogen) atoms. The molecule has 1 aliphatic rings. The molecule has 6 heteroatoms. The summed E-state index contributed by atoms with van der Waals surface area (Å²) in [4.78, 5) is 19.2. The van der Waals surface area contributed by atoms with Gasteiger partial charge in [-0.15, -0.1) is 11.3 Å². The van der Waals surface area contributed by atoms with Crippen molar-refractivity contribution in [3.63, 3.8) is 0 Å². The second kappa shape index (κ2) is 6.34. The molecule has 1 aliphatic heterocycles. The molecule has 1 unspecified atom stereocenters. The van der Waals surface area contributed by atoms with Crippen LogP contribution < -0.4 is 5.32 Å². The van der Waals surface area contributed by atoms with Crippen LogP contribution in [0.2, 0.25) is 0 Å². The number of rotatable bonds is 5. The van der Waals surface area contributed by atoms with E-state index >= 15 is 0 Å². The number of likely N-dealkylation sites (tertiary alicyclic amines) is 1. The number of carbonyl (C=O) groups excluding carboxylic acids is 1. The van der Waals surface area contributed by atoms with Crippen LogP contribution in [0.25, 0.3) is 0 Å². The number of esters is 1. The highest BCUT2D eigenvalue weighted by molar-refractivity contribution is 7.15. The van der Waals surface area contributed by atoms with Crippen LogP contribution in [0.15, 0.2) is 0 Å². The Kier molecular flexibility index (Phi) is 4.76. The van der Waals surface area contributed by atoms with Crippen LogP contribution in [-0.4, -0.2) is 49.1 Å². The summed E-state index contributed by atoms with van der Waals surface area (Å²) >= 11 is 1.52. The van der Waals surface area contributed by atoms with E-state index in [1.165, 1.54) is 17.8 Å². The minimum Gasteiger partial charge on any atom is -0.461 e. The summed E-state index contributed by atoms with van der Waals surface area (Å²) in [6.07, 6.45) is 1.22. The number of thiazole rings is 1. The number of hydrogen-bond acceptors (Lipinski definition) is 6. The molecule has 0 aromatic carbocycles. The van der Waals surface area contributed by atoms with Crippen LogP contribution in [0.4, 0.5) is 5.13 Å². The molecule has 1 N–H and O–H groups in total. The van der Waals surface area contributed by atoms with Crippen LogP contribution in [0, 0.1) is 12.8 Å². The summed E-state index contributed by atoms with van der Waals surface area (Å²) in [7, 11) is 2.15. The number of nitrogens with one attached hydrogen (secondary N) is 1. The van der Waals surface area contributed by atoms with Gasteiger partial charge >= 0.3 is 5.97 Å². The van der Waals surface area contributed by atoms with Gasteiger partial charge in [-0.05, 0) is 39.8 Å². The maximum Gasteiger partial charge on any atom is 0.358 e. The Labute approximate surface area is 118 Å². The largest absolute Gasteiger partial charge is 0.461 e. The molecule has 2 heterocycles. The average molecular weight is 283 g/mol. The third-order valence-electron chi connectivity index (χ3n) is 3.30. The first-order valence-electron chi connectivity index (χ1n) is 6.67. The zero-order valence-corrected chi connectivity index (χ0v) is 12.5. The second-order valence-electron chi connectivity index (χ2n) is 4.94. The molecule has 106 valence electrons. The van der Waals surface area contributed by atoms with Gasteiger partial charge in [0, 0.05) is 18.0 Å². The lowest BCUT2D eigenvalue weighted by molar-refractivity contribution is 0.0519. The van der Waals surface area contributed by atoms with E-state index in [1.54, 1.807) is 6.92 Å². The van der Waals surface area contributed by atoms with E-state index in [0.717, 1.165) is 29.6 Å². The van der Waals surface area contributed by atoms with Crippen molar-refractivity contribution >= 4 is 22.4 Å². The van der Waals surface area contributed by atoms with Crippen molar-refractivity contribution in [2.24, 2.45) is 5.92 Å². The van der Waals surface area contributed by atoms with E-state index in [4.69, 9.17) is 4.74 Å². The maximum atomic E-state index is 11.7. The van der Waals surface area contributed by atoms with Gasteiger partial charge in [0.25, 0.3) is 0 Å². The molecule has 0 saturated carbocycles. The highest BCUT2D eigenvalue weighted by atomic mass is 32.1. The Hall–Kier alpha value is -1.14. The van der Waals surface area contributed by atoms with Crippen molar-refractivity contribution < 1.29 is 9.53 Å². The van der Waals surface area contributed by atoms with Crippen LogP contribution in [0.1, 0.15) is 28.7 Å². The number of nitrogens with zero attached hydrogens (tertiary/aromatic N) is 2. The first-order valence-corrected chi connectivity index (χ1v) is 7.48. The van der Waals surface area contributed by atoms with E-state index in [2.05, 4.69) is 22.2 Å². The fraction of sp³-hybridized carbons (Fsp3) is 0.692. The van der Waals surface area contributed by atoms with Gasteiger partial charge in [0.2, 0.25) is 0 Å². The SMILES string of the molecule is CCOC(=O)c1nc(NCC2CCN(C)C2)sc1C. The number of carbonyl (C=O) groups is 1. The highest BCUT2D eigenvalue weighted by Gasteiger charge is 2.20. The van der Waals surface area contributed by atoms with Crippen LogP contribution >= 0.6 is 11.3 Å². The lowest BCUT2D eigenvalue weighted by Crippen LogP contribution is -2.19. The molecule has 1 atom stereocenters. The number of aryl methyl sites for hydroxylation is 1. The summed E-state index contributed by atoms with van der Waals surface area (Å²) < 4.78 is 4.98. The summed E-state index contributed by atoms with van der Waals surface area (Å²) in [5, 5.41) is 4.15. The van der Waals surface area contributed by atoms with Gasteiger partial charge in [0.1, 0.15) is 0 Å². The number of ether oxygens (including phenoxy) is 1. The highest BCUT2D eigenvalue weighted by Crippen LogP contribution is 2.24. The molecule has 0 aliphatic carbocycles. The molecule has 1 fully saturated rings. The Bertz CT molecular complexity index is 447. The predicted octanol–water partition coefficient (Wildman–Crippen LogP) is 1.99. The third-order valence-corrected chi connectivity index (χ3v) is 4.22. The standard InChI is InChI=1S/C13H21N3O2S/c1-4-18-12(17)11-9(2)19-13(15-11)14-7-10-5-6-16(3)8-10/h10H,4-8H2,1-3H3,(H,14,15). The third kappa shape index (κ3) is 3.67.